The SMILES string of the molecule is CCOc1cccc(NC(=O)Nc2ccc(Oc3ncccc3-c3ncnc(NC)n3)c(C)c2)c1. The molecule has 35 heavy (non-hydrogen) atoms. The number of benzene rings is 2. The maximum absolute atomic E-state index is 12.5. The van der Waals surface area contributed by atoms with Gasteiger partial charge in [0.1, 0.15) is 17.8 Å². The van der Waals surface area contributed by atoms with E-state index in [2.05, 4.69) is 35.9 Å². The standard InChI is InChI=1S/C25H25N7O3/c1-4-34-19-8-5-7-17(14-19)30-25(33)31-18-10-11-21(16(2)13-18)35-23-20(9-6-12-27-23)22-28-15-29-24(26-3)32-22/h5-15H,4H2,1-3H3,(H2,30,31,33)(H,26,28,29,32). The summed E-state index contributed by atoms with van der Waals surface area (Å²) in [6.45, 7) is 4.34. The van der Waals surface area contributed by atoms with Gasteiger partial charge in [0.2, 0.25) is 11.8 Å². The van der Waals surface area contributed by atoms with Crippen molar-refractivity contribution in [3.05, 3.63) is 72.7 Å². The molecule has 2 aromatic carbocycles. The van der Waals surface area contributed by atoms with Gasteiger partial charge in [-0.1, -0.05) is 6.07 Å². The normalized spacial score (nSPS) is 10.4. The molecule has 4 rings (SSSR count). The van der Waals surface area contributed by atoms with Gasteiger partial charge in [-0.15, -0.1) is 0 Å². The highest BCUT2D eigenvalue weighted by atomic mass is 16.5. The zero-order chi connectivity index (χ0) is 24.6. The molecule has 0 fully saturated rings. The molecule has 0 spiro atoms. The number of carbonyl (C=O) groups excluding carboxylic acids is 1. The van der Waals surface area contributed by atoms with Crippen LogP contribution in [0.2, 0.25) is 0 Å². The predicted molar refractivity (Wildman–Crippen MR) is 134 cm³/mol. The fourth-order valence-corrected chi connectivity index (χ4v) is 3.26. The minimum atomic E-state index is -0.367. The number of urea groups is 1. The van der Waals surface area contributed by atoms with E-state index in [1.807, 2.05) is 38.1 Å². The first-order chi connectivity index (χ1) is 17.1. The highest BCUT2D eigenvalue weighted by Gasteiger charge is 2.14. The lowest BCUT2D eigenvalue weighted by Crippen LogP contribution is -2.19. The molecule has 0 saturated heterocycles. The van der Waals surface area contributed by atoms with E-state index in [4.69, 9.17) is 9.47 Å². The van der Waals surface area contributed by atoms with Gasteiger partial charge in [-0.2, -0.15) is 4.98 Å². The highest BCUT2D eigenvalue weighted by molar-refractivity contribution is 5.99. The molecule has 178 valence electrons. The molecule has 0 bridgehead atoms. The molecule has 0 atom stereocenters. The summed E-state index contributed by atoms with van der Waals surface area (Å²) >= 11 is 0. The zero-order valence-corrected chi connectivity index (χ0v) is 19.6. The third kappa shape index (κ3) is 5.99. The van der Waals surface area contributed by atoms with E-state index in [1.54, 1.807) is 43.6 Å². The minimum absolute atomic E-state index is 0.358. The number of anilines is 3. The van der Waals surface area contributed by atoms with Crippen LogP contribution in [-0.4, -0.2) is 39.6 Å². The van der Waals surface area contributed by atoms with Crippen molar-refractivity contribution in [2.45, 2.75) is 13.8 Å². The van der Waals surface area contributed by atoms with E-state index in [-0.39, 0.29) is 6.03 Å². The summed E-state index contributed by atoms with van der Waals surface area (Å²) in [6, 6.07) is 15.8. The Morgan fingerprint density at radius 3 is 2.57 bits per heavy atom. The smallest absolute Gasteiger partial charge is 0.323 e. The first-order valence-electron chi connectivity index (χ1n) is 11.0. The van der Waals surface area contributed by atoms with Crippen LogP contribution in [0, 0.1) is 6.92 Å². The van der Waals surface area contributed by atoms with Crippen molar-refractivity contribution in [1.29, 1.82) is 0 Å². The van der Waals surface area contributed by atoms with Crippen LogP contribution >= 0.6 is 0 Å². The topological polar surface area (TPSA) is 123 Å². The van der Waals surface area contributed by atoms with Gasteiger partial charge < -0.3 is 25.4 Å². The number of hydrogen-bond acceptors (Lipinski definition) is 8. The van der Waals surface area contributed by atoms with Gasteiger partial charge in [0, 0.05) is 30.7 Å². The first-order valence-corrected chi connectivity index (χ1v) is 11.0. The van der Waals surface area contributed by atoms with Crippen LogP contribution in [0.4, 0.5) is 22.1 Å². The molecule has 0 unspecified atom stereocenters. The second kappa shape index (κ2) is 10.9. The Bertz CT molecular complexity index is 1330. The Hall–Kier alpha value is -4.73. The molecule has 0 radical (unpaired) electrons. The number of carbonyl (C=O) groups is 1. The van der Waals surface area contributed by atoms with E-state index in [0.29, 0.717) is 52.7 Å². The van der Waals surface area contributed by atoms with Crippen molar-refractivity contribution < 1.29 is 14.3 Å². The van der Waals surface area contributed by atoms with Crippen LogP contribution in [0.25, 0.3) is 11.4 Å². The van der Waals surface area contributed by atoms with E-state index >= 15 is 0 Å². The van der Waals surface area contributed by atoms with Crippen LogP contribution in [0.3, 0.4) is 0 Å². The second-order valence-electron chi connectivity index (χ2n) is 7.36. The Kier molecular flexibility index (Phi) is 7.31. The van der Waals surface area contributed by atoms with Gasteiger partial charge in [0.25, 0.3) is 0 Å². The molecule has 0 aliphatic rings. The number of nitrogens with one attached hydrogen (secondary N) is 3. The quantitative estimate of drug-likeness (QED) is 0.324. The fraction of sp³-hybridized carbons (Fsp3) is 0.160. The third-order valence-electron chi connectivity index (χ3n) is 4.85. The van der Waals surface area contributed by atoms with Crippen LogP contribution < -0.4 is 25.4 Å². The largest absolute Gasteiger partial charge is 0.494 e. The van der Waals surface area contributed by atoms with Crippen LogP contribution in [0.15, 0.2) is 67.1 Å². The van der Waals surface area contributed by atoms with Gasteiger partial charge in [-0.25, -0.2) is 19.7 Å². The van der Waals surface area contributed by atoms with Gasteiger partial charge in [0.15, 0.2) is 5.82 Å². The van der Waals surface area contributed by atoms with Crippen molar-refractivity contribution in [3.63, 3.8) is 0 Å². The van der Waals surface area contributed by atoms with Crippen molar-refractivity contribution in [1.82, 2.24) is 19.9 Å². The summed E-state index contributed by atoms with van der Waals surface area (Å²) < 4.78 is 11.6. The average molecular weight is 472 g/mol. The van der Waals surface area contributed by atoms with Crippen LogP contribution in [0.1, 0.15) is 12.5 Å². The monoisotopic (exact) mass is 471 g/mol. The number of aryl methyl sites for hydroxylation is 1. The molecule has 2 amide bonds. The summed E-state index contributed by atoms with van der Waals surface area (Å²) in [4.78, 5) is 29.5. The molecule has 10 nitrogen and oxygen atoms in total. The molecule has 0 saturated carbocycles. The molecule has 2 heterocycles. The maximum atomic E-state index is 12.5. The zero-order valence-electron chi connectivity index (χ0n) is 19.6. The predicted octanol–water partition coefficient (Wildman–Crippen LogP) is 5.12. The van der Waals surface area contributed by atoms with E-state index in [1.165, 1.54) is 6.33 Å². The number of ether oxygens (including phenoxy) is 2. The number of aromatic nitrogens is 4. The van der Waals surface area contributed by atoms with Crippen LogP contribution in [-0.2, 0) is 0 Å². The summed E-state index contributed by atoms with van der Waals surface area (Å²) in [5.41, 5.74) is 2.68. The lowest BCUT2D eigenvalue weighted by atomic mass is 10.2. The summed E-state index contributed by atoms with van der Waals surface area (Å²) in [5, 5.41) is 8.52. The van der Waals surface area contributed by atoms with Crippen molar-refractivity contribution in [2.75, 3.05) is 29.6 Å². The number of rotatable bonds is 8. The van der Waals surface area contributed by atoms with Gasteiger partial charge in [0.05, 0.1) is 12.2 Å². The first kappa shape index (κ1) is 23.4. The Balaban J connectivity index is 1.47. The Morgan fingerprint density at radius 1 is 0.971 bits per heavy atom. The van der Waals surface area contributed by atoms with E-state index in [0.717, 1.165) is 5.56 Å². The fourth-order valence-electron chi connectivity index (χ4n) is 3.26. The molecule has 2 aromatic heterocycles. The van der Waals surface area contributed by atoms with Crippen LogP contribution in [0.5, 0.6) is 17.4 Å². The lowest BCUT2D eigenvalue weighted by molar-refractivity contribution is 0.262. The molecule has 4 aromatic rings. The number of pyridine rings is 1. The van der Waals surface area contributed by atoms with Gasteiger partial charge >= 0.3 is 6.03 Å². The van der Waals surface area contributed by atoms with E-state index < -0.39 is 0 Å². The minimum Gasteiger partial charge on any atom is -0.494 e. The Labute approximate surface area is 202 Å². The van der Waals surface area contributed by atoms with Gasteiger partial charge in [-0.05, 0) is 61.9 Å². The second-order valence-corrected chi connectivity index (χ2v) is 7.36. The average Bonchev–Trinajstić information content (AvgIpc) is 2.86. The van der Waals surface area contributed by atoms with Crippen molar-refractivity contribution >= 4 is 23.4 Å². The molecule has 0 aliphatic carbocycles. The molecule has 3 N–H and O–H groups in total. The molecular formula is C25H25N7O3. The van der Waals surface area contributed by atoms with Gasteiger partial charge in [-0.3, -0.25) is 0 Å². The van der Waals surface area contributed by atoms with E-state index in [9.17, 15) is 4.79 Å². The molecular weight excluding hydrogens is 446 g/mol. The highest BCUT2D eigenvalue weighted by Crippen LogP contribution is 2.32. The summed E-state index contributed by atoms with van der Waals surface area (Å²) in [6.07, 6.45) is 3.06. The van der Waals surface area contributed by atoms with Crippen molar-refractivity contribution in [3.8, 4) is 28.8 Å². The summed E-state index contributed by atoms with van der Waals surface area (Å²) in [7, 11) is 1.73. The number of amides is 2. The Morgan fingerprint density at radius 2 is 1.80 bits per heavy atom. The lowest BCUT2D eigenvalue weighted by Gasteiger charge is -2.13. The third-order valence-corrected chi connectivity index (χ3v) is 4.85. The molecule has 10 heteroatoms. The van der Waals surface area contributed by atoms with Crippen molar-refractivity contribution in [2.24, 2.45) is 0 Å². The summed E-state index contributed by atoms with van der Waals surface area (Å²) in [5.74, 6) is 2.52. The molecule has 0 aliphatic heterocycles. The number of nitrogens with zero attached hydrogens (tertiary/aromatic N) is 4. The maximum Gasteiger partial charge on any atom is 0.323 e. The number of hydrogen-bond donors (Lipinski definition) is 3.